The van der Waals surface area contributed by atoms with Gasteiger partial charge in [-0.2, -0.15) is 5.26 Å². The molecule has 1 saturated heterocycles. The summed E-state index contributed by atoms with van der Waals surface area (Å²) in [4.78, 5) is 20.6. The van der Waals surface area contributed by atoms with E-state index in [1.54, 1.807) is 12.3 Å². The van der Waals surface area contributed by atoms with Crippen LogP contribution >= 0.6 is 0 Å². The minimum atomic E-state index is -0.514. The largest absolute Gasteiger partial charge is 0.482 e. The third kappa shape index (κ3) is 5.85. The first-order valence-electron chi connectivity index (χ1n) is 9.65. The molecule has 7 heteroatoms. The smallest absolute Gasteiger partial charge is 0.344 e. The predicted octanol–water partition coefficient (Wildman–Crippen LogP) is 3.00. The van der Waals surface area contributed by atoms with E-state index in [9.17, 15) is 4.79 Å². The highest BCUT2D eigenvalue weighted by Crippen LogP contribution is 2.22. The van der Waals surface area contributed by atoms with Crippen molar-refractivity contribution in [2.75, 3.05) is 42.6 Å². The topological polar surface area (TPSA) is 78.7 Å². The lowest BCUT2D eigenvalue weighted by Gasteiger charge is -2.36. The molecule has 2 heterocycles. The van der Waals surface area contributed by atoms with Crippen molar-refractivity contribution in [3.05, 3.63) is 48.2 Å². The minimum Gasteiger partial charge on any atom is -0.482 e. The fourth-order valence-corrected chi connectivity index (χ4v) is 3.10. The summed E-state index contributed by atoms with van der Waals surface area (Å²) in [5, 5.41) is 8.88. The van der Waals surface area contributed by atoms with Crippen LogP contribution in [0, 0.1) is 11.3 Å². The van der Waals surface area contributed by atoms with E-state index in [1.807, 2.05) is 51.1 Å². The maximum absolute atomic E-state index is 11.7. The summed E-state index contributed by atoms with van der Waals surface area (Å²) in [6.45, 7) is 8.85. The van der Waals surface area contributed by atoms with Crippen LogP contribution in [0.4, 0.5) is 11.5 Å². The number of anilines is 2. The number of carbonyl (C=O) groups is 1. The highest BCUT2D eigenvalue weighted by atomic mass is 16.6. The molecule has 0 N–H and O–H groups in total. The summed E-state index contributed by atoms with van der Waals surface area (Å²) in [6.07, 6.45) is 1.61. The molecule has 1 fully saturated rings. The Kier molecular flexibility index (Phi) is 6.23. The third-order valence-corrected chi connectivity index (χ3v) is 4.46. The summed E-state index contributed by atoms with van der Waals surface area (Å²) in [5.41, 5.74) is 1.17. The number of hydrogen-bond donors (Lipinski definition) is 0. The Labute approximate surface area is 171 Å². The Morgan fingerprint density at radius 3 is 2.28 bits per heavy atom. The summed E-state index contributed by atoms with van der Waals surface area (Å²) in [5.74, 6) is 1.16. The highest BCUT2D eigenvalue weighted by Gasteiger charge is 2.19. The van der Waals surface area contributed by atoms with E-state index in [-0.39, 0.29) is 12.6 Å². The van der Waals surface area contributed by atoms with Gasteiger partial charge in [-0.15, -0.1) is 0 Å². The van der Waals surface area contributed by atoms with Gasteiger partial charge in [0.25, 0.3) is 0 Å². The van der Waals surface area contributed by atoms with Gasteiger partial charge in [0.05, 0.1) is 5.56 Å². The van der Waals surface area contributed by atoms with Crippen molar-refractivity contribution in [1.29, 1.82) is 5.26 Å². The lowest BCUT2D eigenvalue weighted by atomic mass is 10.2. The van der Waals surface area contributed by atoms with Gasteiger partial charge in [-0.3, -0.25) is 0 Å². The van der Waals surface area contributed by atoms with Crippen LogP contribution in [0.25, 0.3) is 0 Å². The molecule has 2 aromatic rings. The van der Waals surface area contributed by atoms with E-state index >= 15 is 0 Å². The highest BCUT2D eigenvalue weighted by molar-refractivity contribution is 5.71. The molecule has 3 rings (SSSR count). The van der Waals surface area contributed by atoms with Gasteiger partial charge >= 0.3 is 5.97 Å². The summed E-state index contributed by atoms with van der Waals surface area (Å²) < 4.78 is 10.8. The first kappa shape index (κ1) is 20.5. The van der Waals surface area contributed by atoms with Crippen LogP contribution < -0.4 is 14.5 Å². The monoisotopic (exact) mass is 394 g/mol. The van der Waals surface area contributed by atoms with Crippen LogP contribution in [0.1, 0.15) is 26.3 Å². The number of carbonyl (C=O) groups excluding carboxylic acids is 1. The van der Waals surface area contributed by atoms with Crippen LogP contribution in [0.15, 0.2) is 42.6 Å². The molecule has 0 atom stereocenters. The molecule has 0 spiro atoms. The second-order valence-electron chi connectivity index (χ2n) is 7.86. The lowest BCUT2D eigenvalue weighted by Crippen LogP contribution is -2.46. The zero-order valence-corrected chi connectivity index (χ0v) is 17.1. The van der Waals surface area contributed by atoms with Crippen LogP contribution in [-0.2, 0) is 9.53 Å². The van der Waals surface area contributed by atoms with E-state index in [0.29, 0.717) is 11.3 Å². The van der Waals surface area contributed by atoms with Gasteiger partial charge in [0.2, 0.25) is 0 Å². The third-order valence-electron chi connectivity index (χ3n) is 4.46. The molecule has 1 aromatic heterocycles. The van der Waals surface area contributed by atoms with Gasteiger partial charge in [0.1, 0.15) is 23.2 Å². The normalized spacial score (nSPS) is 14.3. The average Bonchev–Trinajstić information content (AvgIpc) is 2.72. The average molecular weight is 394 g/mol. The molecule has 1 aliphatic rings. The second kappa shape index (κ2) is 8.82. The number of hydrogen-bond acceptors (Lipinski definition) is 7. The van der Waals surface area contributed by atoms with E-state index in [2.05, 4.69) is 20.9 Å². The fraction of sp³-hybridized carbons (Fsp3) is 0.409. The molecule has 0 amide bonds. The summed E-state index contributed by atoms with van der Waals surface area (Å²) in [6, 6.07) is 13.5. The molecule has 0 radical (unpaired) electrons. The van der Waals surface area contributed by atoms with E-state index in [1.165, 1.54) is 0 Å². The van der Waals surface area contributed by atoms with Crippen molar-refractivity contribution in [3.63, 3.8) is 0 Å². The number of rotatable bonds is 5. The Bertz CT molecular complexity index is 859. The molecule has 0 bridgehead atoms. The fourth-order valence-electron chi connectivity index (χ4n) is 3.10. The first-order chi connectivity index (χ1) is 13.8. The predicted molar refractivity (Wildman–Crippen MR) is 111 cm³/mol. The van der Waals surface area contributed by atoms with Crippen molar-refractivity contribution in [2.24, 2.45) is 0 Å². The second-order valence-corrected chi connectivity index (χ2v) is 7.86. The first-order valence-corrected chi connectivity index (χ1v) is 9.65. The quantitative estimate of drug-likeness (QED) is 0.721. The summed E-state index contributed by atoms with van der Waals surface area (Å²) >= 11 is 0. The molecular weight excluding hydrogens is 368 g/mol. The maximum atomic E-state index is 11.7. The SMILES string of the molecule is CC(C)(C)OC(=O)COc1ccc(N2CCN(c3ccc(C#N)cn3)CC2)cc1. The van der Waals surface area contributed by atoms with Gasteiger partial charge in [-0.25, -0.2) is 9.78 Å². The standard InChI is InChI=1S/C22H26N4O3/c1-22(2,3)29-21(27)16-28-19-7-5-18(6-8-19)25-10-12-26(13-11-25)20-9-4-17(14-23)15-24-20/h4-9,15H,10-13,16H2,1-3H3. The van der Waals surface area contributed by atoms with Crippen LogP contribution in [0.5, 0.6) is 5.75 Å². The van der Waals surface area contributed by atoms with Crippen molar-refractivity contribution in [1.82, 2.24) is 4.98 Å². The van der Waals surface area contributed by atoms with Crippen molar-refractivity contribution < 1.29 is 14.3 Å². The molecule has 1 aliphatic heterocycles. The lowest BCUT2D eigenvalue weighted by molar-refractivity contribution is -0.157. The van der Waals surface area contributed by atoms with Gasteiger partial charge in [-0.1, -0.05) is 0 Å². The van der Waals surface area contributed by atoms with Gasteiger partial charge in [-0.05, 0) is 57.2 Å². The van der Waals surface area contributed by atoms with Gasteiger partial charge in [0.15, 0.2) is 6.61 Å². The number of ether oxygens (including phenoxy) is 2. The Morgan fingerprint density at radius 2 is 1.72 bits per heavy atom. The Balaban J connectivity index is 1.49. The molecule has 0 aliphatic carbocycles. The van der Waals surface area contributed by atoms with Crippen LogP contribution in [0.3, 0.4) is 0 Å². The molecule has 152 valence electrons. The molecule has 7 nitrogen and oxygen atoms in total. The van der Waals surface area contributed by atoms with Crippen molar-refractivity contribution in [3.8, 4) is 11.8 Å². The Morgan fingerprint density at radius 1 is 1.07 bits per heavy atom. The zero-order valence-electron chi connectivity index (χ0n) is 17.1. The summed E-state index contributed by atoms with van der Waals surface area (Å²) in [7, 11) is 0. The molecular formula is C22H26N4O3. The number of pyridine rings is 1. The zero-order chi connectivity index (χ0) is 20.9. The molecule has 29 heavy (non-hydrogen) atoms. The van der Waals surface area contributed by atoms with Crippen LogP contribution in [0.2, 0.25) is 0 Å². The molecule has 0 unspecified atom stereocenters. The van der Waals surface area contributed by atoms with Gasteiger partial charge in [0, 0.05) is 38.1 Å². The number of nitriles is 1. The number of benzene rings is 1. The Hall–Kier alpha value is -3.27. The molecule has 1 aromatic carbocycles. The number of piperazine rings is 1. The van der Waals surface area contributed by atoms with E-state index < -0.39 is 5.60 Å². The number of nitrogens with zero attached hydrogens (tertiary/aromatic N) is 4. The van der Waals surface area contributed by atoms with Gasteiger partial charge < -0.3 is 19.3 Å². The van der Waals surface area contributed by atoms with E-state index in [0.717, 1.165) is 37.7 Å². The van der Waals surface area contributed by atoms with Crippen molar-refractivity contribution in [2.45, 2.75) is 26.4 Å². The maximum Gasteiger partial charge on any atom is 0.344 e. The molecule has 0 saturated carbocycles. The van der Waals surface area contributed by atoms with Crippen molar-refractivity contribution >= 4 is 17.5 Å². The minimum absolute atomic E-state index is 0.104. The number of esters is 1. The number of aromatic nitrogens is 1. The van der Waals surface area contributed by atoms with Crippen LogP contribution in [-0.4, -0.2) is 49.3 Å². The van der Waals surface area contributed by atoms with E-state index in [4.69, 9.17) is 14.7 Å².